The number of aliphatic hydroxyl groups is 6. The van der Waals surface area contributed by atoms with Gasteiger partial charge in [0.15, 0.2) is 0 Å². The summed E-state index contributed by atoms with van der Waals surface area (Å²) in [5.41, 5.74) is 0. The van der Waals surface area contributed by atoms with E-state index < -0.39 is 61.3 Å². The van der Waals surface area contributed by atoms with E-state index in [0.717, 1.165) is 19.3 Å². The van der Waals surface area contributed by atoms with Crippen LogP contribution in [0.3, 0.4) is 0 Å². The van der Waals surface area contributed by atoms with E-state index >= 15 is 0 Å². The maximum Gasteiger partial charge on any atom is 0.297 e. The molecule has 0 aliphatic carbocycles. The van der Waals surface area contributed by atoms with Crippen LogP contribution in [-0.2, 0) is 9.53 Å². The summed E-state index contributed by atoms with van der Waals surface area (Å²) < 4.78 is 5.50. The van der Waals surface area contributed by atoms with Crippen LogP contribution in [0.15, 0.2) is 12.2 Å². The summed E-state index contributed by atoms with van der Waals surface area (Å²) >= 11 is 0. The minimum Gasteiger partial charge on any atom is -0.394 e. The van der Waals surface area contributed by atoms with Gasteiger partial charge in [-0.2, -0.15) is 0 Å². The van der Waals surface area contributed by atoms with Gasteiger partial charge >= 0.3 is 0 Å². The summed E-state index contributed by atoms with van der Waals surface area (Å²) in [7, 11) is 0. The standard InChI is InChI=1S/C51H51NO8.24H2/c1-3-5-7-9-11-13-15-17-18-19-20-21-22-23-24-25-26-27-29-31-33-35-37-39-47(55)52-43(40-41-45-49(57)51(59)50(58)46(42-53)60-45)48(56)44(54)38-36-34-32-30-28-16-14-12-10-8-6-4-2;;;;;;;;;;;;;;;;;;;;;;;;/h40-41,43-46,48-51,53-54,56-59H,4,6,8,10,12,14,16,28,30,32,34,36,38,42H2,1-2H3,(H,52,55);24*1H/b41-40-;;;;;;;;;;;;;;;;;;;;;;;;/t43-,44+,45+,46?,48-,49?,50-,51+;;;;;;;;;;;;;;;;;;;;;;;;/m0......................../s1. The molecule has 9 nitrogen and oxygen atoms in total. The highest BCUT2D eigenvalue weighted by molar-refractivity contribution is 5.94. The third-order valence-electron chi connectivity index (χ3n) is 8.46. The van der Waals surface area contributed by atoms with Crippen LogP contribution in [0.4, 0.5) is 0 Å². The van der Waals surface area contributed by atoms with Crippen LogP contribution in [0.1, 0.15) is 132 Å². The molecule has 1 heterocycles. The maximum atomic E-state index is 12.7. The lowest BCUT2D eigenvalue weighted by molar-refractivity contribution is -0.216. The van der Waals surface area contributed by atoms with Crippen molar-refractivity contribution >= 4 is 5.91 Å². The predicted octanol–water partition coefficient (Wildman–Crippen LogP) is 7.65. The van der Waals surface area contributed by atoms with Crippen molar-refractivity contribution in [2.75, 3.05) is 6.61 Å². The lowest BCUT2D eigenvalue weighted by atomic mass is 9.93. The Labute approximate surface area is 393 Å². The molecule has 0 bridgehead atoms. The molecule has 7 N–H and O–H groups in total. The molecule has 2 unspecified atom stereocenters. The summed E-state index contributed by atoms with van der Waals surface area (Å²) in [6.07, 6.45) is 6.87. The molecule has 1 aliphatic rings. The number of carbonyl (C=O) groups is 1. The molecule has 9 heteroatoms. The number of carbonyl (C=O) groups excluding carboxylic acids is 1. The third-order valence-corrected chi connectivity index (χ3v) is 8.46. The number of rotatable bonds is 19. The lowest BCUT2D eigenvalue weighted by Crippen LogP contribution is -2.58. The van der Waals surface area contributed by atoms with Crippen molar-refractivity contribution in [3.05, 3.63) is 12.2 Å². The van der Waals surface area contributed by atoms with Crippen LogP contribution >= 0.6 is 0 Å². The fraction of sp³-hybridized carbons (Fsp3) is 0.471. The summed E-state index contributed by atoms with van der Waals surface area (Å²) in [5, 5.41) is 64.6. The number of hydrogen-bond acceptors (Lipinski definition) is 8. The third kappa shape index (κ3) is 25.8. The van der Waals surface area contributed by atoms with Crippen LogP contribution in [-0.4, -0.2) is 91.9 Å². The first kappa shape index (κ1) is 51.7. The second-order valence-electron chi connectivity index (χ2n) is 13.0. The average molecular weight is 854 g/mol. The minimum atomic E-state index is -1.62. The average Bonchev–Trinajstić information content (AvgIpc) is 3.25. The molecule has 0 aromatic rings. The van der Waals surface area contributed by atoms with E-state index in [1.54, 1.807) is 6.92 Å². The van der Waals surface area contributed by atoms with Crippen molar-refractivity contribution in [3.8, 4) is 142 Å². The SMILES string of the molecule is CC#CC#CC#CC#CC#CC#CC#CC#CC#CC#CC#CC#CC(=O)N[C@@H](/C=C\[C@H]1OC(CO)[C@H](O)[C@H](O)C1O)[C@H](O)[C@H](O)CCCCCCCCCCCCCC.[HH].[HH].[HH].[HH].[HH].[HH].[HH].[HH].[HH].[HH].[HH].[HH].[HH].[HH].[HH].[HH].[HH].[HH].[HH].[HH].[HH].[HH].[HH].[HH]. The predicted molar refractivity (Wildman–Crippen MR) is 282 cm³/mol. The minimum absolute atomic E-state index is 0. The van der Waals surface area contributed by atoms with Gasteiger partial charge in [0.2, 0.25) is 0 Å². The highest BCUT2D eigenvalue weighted by Gasteiger charge is 2.42. The van der Waals surface area contributed by atoms with Gasteiger partial charge in [0.25, 0.3) is 5.91 Å². The zero-order chi connectivity index (χ0) is 43.9. The highest BCUT2D eigenvalue weighted by Crippen LogP contribution is 2.22. The van der Waals surface area contributed by atoms with E-state index in [1.165, 1.54) is 63.5 Å². The van der Waals surface area contributed by atoms with Gasteiger partial charge < -0.3 is 40.7 Å². The van der Waals surface area contributed by atoms with E-state index in [4.69, 9.17) is 4.74 Å². The van der Waals surface area contributed by atoms with Gasteiger partial charge in [0.05, 0.1) is 18.8 Å². The first-order valence-corrected chi connectivity index (χ1v) is 19.8. The van der Waals surface area contributed by atoms with Crippen molar-refractivity contribution in [1.29, 1.82) is 0 Å². The topological polar surface area (TPSA) is 160 Å². The molecule has 8 atom stereocenters. The van der Waals surface area contributed by atoms with Crippen LogP contribution in [0.25, 0.3) is 0 Å². The summed E-state index contributed by atoms with van der Waals surface area (Å²) in [6, 6.07) is -1.19. The first-order chi connectivity index (χ1) is 29.3. The number of ether oxygens (including phenoxy) is 1. The van der Waals surface area contributed by atoms with Crippen molar-refractivity contribution in [2.24, 2.45) is 0 Å². The van der Waals surface area contributed by atoms with Gasteiger partial charge in [-0.1, -0.05) is 102 Å². The molecule has 0 aromatic heterocycles. The van der Waals surface area contributed by atoms with Crippen molar-refractivity contribution < 1.29 is 74.4 Å². The molecule has 1 amide bonds. The number of aliphatic hydroxyl groups excluding tert-OH is 6. The largest absolute Gasteiger partial charge is 0.394 e. The van der Waals surface area contributed by atoms with Crippen molar-refractivity contribution in [2.45, 2.75) is 146 Å². The summed E-state index contributed by atoms with van der Waals surface area (Å²) in [5.74, 6) is 58.6. The first-order valence-electron chi connectivity index (χ1n) is 19.8. The second-order valence-corrected chi connectivity index (χ2v) is 13.0. The summed E-state index contributed by atoms with van der Waals surface area (Å²) in [6.45, 7) is 3.27. The van der Waals surface area contributed by atoms with Gasteiger partial charge in [-0.25, -0.2) is 0 Å². The molecule has 1 rings (SSSR count). The Hall–Kier alpha value is -6.35. The Bertz CT molecular complexity index is 2260. The van der Waals surface area contributed by atoms with E-state index in [9.17, 15) is 35.4 Å². The number of amides is 1. The smallest absolute Gasteiger partial charge is 0.297 e. The molecule has 1 aliphatic heterocycles. The maximum absolute atomic E-state index is 12.7. The monoisotopic (exact) mass is 854 g/mol. The normalized spacial score (nSPS) is 17.9. The number of unbranched alkanes of at least 4 members (excludes halogenated alkanes) is 11. The fourth-order valence-electron chi connectivity index (χ4n) is 5.33. The molecule has 356 valence electrons. The van der Waals surface area contributed by atoms with Crippen LogP contribution < -0.4 is 5.32 Å². The van der Waals surface area contributed by atoms with Gasteiger partial charge in [0, 0.05) is 75.7 Å². The van der Waals surface area contributed by atoms with E-state index in [0.29, 0.717) is 6.42 Å². The Balaban J connectivity index is -0.0000000682. The molecule has 1 saturated heterocycles. The molecule has 0 aromatic carbocycles. The van der Waals surface area contributed by atoms with Crippen LogP contribution in [0.2, 0.25) is 0 Å². The van der Waals surface area contributed by atoms with E-state index in [2.05, 4.69) is 154 Å². The van der Waals surface area contributed by atoms with Gasteiger partial charge in [-0.15, -0.1) is 0 Å². The fourth-order valence-corrected chi connectivity index (χ4v) is 5.33. The Morgan fingerprint density at radius 2 is 1.00 bits per heavy atom. The van der Waals surface area contributed by atoms with E-state index in [1.807, 2.05) is 0 Å². The Morgan fingerprint density at radius 3 is 1.42 bits per heavy atom. The Morgan fingerprint density at radius 1 is 0.600 bits per heavy atom. The molecular formula is C51H99NO8. The van der Waals surface area contributed by atoms with Crippen molar-refractivity contribution in [3.63, 3.8) is 0 Å². The molecule has 60 heavy (non-hydrogen) atoms. The zero-order valence-electron chi connectivity index (χ0n) is 34.2. The molecular weight excluding hydrogens is 755 g/mol. The van der Waals surface area contributed by atoms with Crippen molar-refractivity contribution in [1.82, 2.24) is 5.32 Å². The lowest BCUT2D eigenvalue weighted by Gasteiger charge is -2.39. The van der Waals surface area contributed by atoms with Crippen LogP contribution in [0, 0.1) is 142 Å². The highest BCUT2D eigenvalue weighted by atomic mass is 16.5. The van der Waals surface area contributed by atoms with Crippen LogP contribution in [0.5, 0.6) is 0 Å². The molecule has 0 radical (unpaired) electrons. The van der Waals surface area contributed by atoms with Gasteiger partial charge in [0.1, 0.15) is 36.6 Å². The molecule has 0 spiro atoms. The van der Waals surface area contributed by atoms with Gasteiger partial charge in [-0.05, 0) is 108 Å². The Kier molecular flexibility index (Phi) is 30.8. The van der Waals surface area contributed by atoms with E-state index in [-0.39, 0.29) is 40.7 Å². The number of hydrogen-bond donors (Lipinski definition) is 7. The zero-order valence-corrected chi connectivity index (χ0v) is 34.2. The van der Waals surface area contributed by atoms with Gasteiger partial charge in [-0.3, -0.25) is 4.79 Å². The quantitative estimate of drug-likeness (QED) is 0.0397. The molecule has 1 fully saturated rings. The second kappa shape index (κ2) is 35.8. The molecule has 0 saturated carbocycles. The summed E-state index contributed by atoms with van der Waals surface area (Å²) in [4.78, 5) is 12.7. The number of nitrogens with one attached hydrogen (secondary N) is 1.